The number of ether oxygens (including phenoxy) is 1. The smallest absolute Gasteiger partial charge is 0.237 e. The third kappa shape index (κ3) is 4.24. The van der Waals surface area contributed by atoms with Gasteiger partial charge in [-0.25, -0.2) is 0 Å². The molecule has 3 N–H and O–H groups in total. The van der Waals surface area contributed by atoms with Gasteiger partial charge in [-0.1, -0.05) is 32.4 Å². The monoisotopic (exact) mass is 264 g/mol. The van der Waals surface area contributed by atoms with Crippen molar-refractivity contribution in [3.05, 3.63) is 29.8 Å². The van der Waals surface area contributed by atoms with Gasteiger partial charge in [0.2, 0.25) is 5.91 Å². The van der Waals surface area contributed by atoms with E-state index in [1.165, 1.54) is 0 Å². The van der Waals surface area contributed by atoms with Gasteiger partial charge in [-0.2, -0.15) is 0 Å². The van der Waals surface area contributed by atoms with Crippen LogP contribution in [0.5, 0.6) is 5.75 Å². The molecule has 4 heteroatoms. The van der Waals surface area contributed by atoms with Crippen LogP contribution >= 0.6 is 0 Å². The van der Waals surface area contributed by atoms with Crippen molar-refractivity contribution in [2.24, 2.45) is 11.7 Å². The van der Waals surface area contributed by atoms with Crippen LogP contribution in [0, 0.1) is 5.92 Å². The summed E-state index contributed by atoms with van der Waals surface area (Å²) in [6.45, 7) is 5.97. The van der Waals surface area contributed by atoms with Gasteiger partial charge in [0.05, 0.1) is 19.2 Å². The fourth-order valence-electron chi connectivity index (χ4n) is 1.80. The number of nitrogens with two attached hydrogens (primary N) is 1. The number of nitrogens with one attached hydrogen (secondary N) is 1. The lowest BCUT2D eigenvalue weighted by Crippen LogP contribution is -2.45. The first-order valence-electron chi connectivity index (χ1n) is 6.69. The maximum absolute atomic E-state index is 12.0. The van der Waals surface area contributed by atoms with Crippen LogP contribution in [-0.2, 0) is 4.79 Å². The first kappa shape index (κ1) is 15.5. The van der Waals surface area contributed by atoms with Crippen molar-refractivity contribution < 1.29 is 9.53 Å². The molecule has 4 nitrogen and oxygen atoms in total. The number of carbonyl (C=O) groups excluding carboxylic acids is 1. The van der Waals surface area contributed by atoms with Gasteiger partial charge in [0, 0.05) is 0 Å². The fraction of sp³-hybridized carbons (Fsp3) is 0.533. The molecule has 1 aromatic rings. The quantitative estimate of drug-likeness (QED) is 0.828. The second kappa shape index (κ2) is 7.14. The Balaban J connectivity index is 2.63. The SMILES string of the molecule is CCC(C)[C@H](N)C(=O)N[C@@H](C)c1ccc(OC)cc1. The van der Waals surface area contributed by atoms with Crippen LogP contribution in [0.4, 0.5) is 0 Å². The van der Waals surface area contributed by atoms with E-state index in [-0.39, 0.29) is 17.9 Å². The second-order valence-electron chi connectivity index (χ2n) is 4.91. The Bertz CT molecular complexity index is 403. The second-order valence-corrected chi connectivity index (χ2v) is 4.91. The van der Waals surface area contributed by atoms with Gasteiger partial charge < -0.3 is 15.8 Å². The lowest BCUT2D eigenvalue weighted by atomic mass is 9.98. The maximum Gasteiger partial charge on any atom is 0.237 e. The number of rotatable bonds is 6. The molecule has 19 heavy (non-hydrogen) atoms. The van der Waals surface area contributed by atoms with E-state index in [0.717, 1.165) is 17.7 Å². The highest BCUT2D eigenvalue weighted by molar-refractivity contribution is 5.82. The van der Waals surface area contributed by atoms with E-state index in [9.17, 15) is 4.79 Å². The largest absolute Gasteiger partial charge is 0.497 e. The molecule has 1 amide bonds. The number of benzene rings is 1. The van der Waals surface area contributed by atoms with E-state index in [1.807, 2.05) is 45.0 Å². The zero-order valence-corrected chi connectivity index (χ0v) is 12.1. The molecule has 0 saturated carbocycles. The van der Waals surface area contributed by atoms with Crippen molar-refractivity contribution in [3.8, 4) is 5.75 Å². The summed E-state index contributed by atoms with van der Waals surface area (Å²) in [6, 6.07) is 7.13. The first-order valence-corrected chi connectivity index (χ1v) is 6.69. The van der Waals surface area contributed by atoms with Gasteiger partial charge in [-0.15, -0.1) is 0 Å². The molecule has 0 aliphatic heterocycles. The minimum absolute atomic E-state index is 0.0616. The minimum Gasteiger partial charge on any atom is -0.497 e. The molecule has 0 fully saturated rings. The zero-order chi connectivity index (χ0) is 14.4. The molecule has 0 spiro atoms. The minimum atomic E-state index is -0.453. The predicted molar refractivity (Wildman–Crippen MR) is 77.0 cm³/mol. The number of carbonyl (C=O) groups is 1. The van der Waals surface area contributed by atoms with Crippen LogP contribution in [0.15, 0.2) is 24.3 Å². The average molecular weight is 264 g/mol. The van der Waals surface area contributed by atoms with E-state index in [0.29, 0.717) is 0 Å². The summed E-state index contributed by atoms with van der Waals surface area (Å²) < 4.78 is 5.11. The maximum atomic E-state index is 12.0. The summed E-state index contributed by atoms with van der Waals surface area (Å²) >= 11 is 0. The molecule has 1 unspecified atom stereocenters. The van der Waals surface area contributed by atoms with Crippen molar-refractivity contribution in [2.45, 2.75) is 39.3 Å². The summed E-state index contributed by atoms with van der Waals surface area (Å²) in [4.78, 5) is 12.0. The molecule has 0 bridgehead atoms. The van der Waals surface area contributed by atoms with Gasteiger partial charge in [0.25, 0.3) is 0 Å². The Morgan fingerprint density at radius 1 is 1.32 bits per heavy atom. The molecule has 0 heterocycles. The van der Waals surface area contributed by atoms with Crippen LogP contribution in [0.2, 0.25) is 0 Å². The van der Waals surface area contributed by atoms with Gasteiger partial charge in [0.1, 0.15) is 5.75 Å². The highest BCUT2D eigenvalue weighted by Gasteiger charge is 2.21. The molecule has 3 atom stereocenters. The van der Waals surface area contributed by atoms with E-state index in [2.05, 4.69) is 5.32 Å². The Labute approximate surface area is 115 Å². The van der Waals surface area contributed by atoms with Crippen molar-refractivity contribution in [1.29, 1.82) is 0 Å². The topological polar surface area (TPSA) is 64.4 Å². The van der Waals surface area contributed by atoms with Crippen LogP contribution < -0.4 is 15.8 Å². The summed E-state index contributed by atoms with van der Waals surface area (Å²) in [5.41, 5.74) is 6.94. The van der Waals surface area contributed by atoms with Gasteiger partial charge in [-0.05, 0) is 30.5 Å². The van der Waals surface area contributed by atoms with Crippen molar-refractivity contribution in [2.75, 3.05) is 7.11 Å². The van der Waals surface area contributed by atoms with Crippen LogP contribution in [0.3, 0.4) is 0 Å². The number of amides is 1. The van der Waals surface area contributed by atoms with Gasteiger partial charge >= 0.3 is 0 Å². The van der Waals surface area contributed by atoms with Gasteiger partial charge in [-0.3, -0.25) is 4.79 Å². The molecule has 1 rings (SSSR count). The van der Waals surface area contributed by atoms with Crippen molar-refractivity contribution in [3.63, 3.8) is 0 Å². The molecule has 0 saturated heterocycles. The number of methoxy groups -OCH3 is 1. The van der Waals surface area contributed by atoms with Crippen molar-refractivity contribution in [1.82, 2.24) is 5.32 Å². The molecule has 106 valence electrons. The molecule has 0 aliphatic rings. The number of hydrogen-bond donors (Lipinski definition) is 2. The standard InChI is InChI=1S/C15H24N2O2/c1-5-10(2)14(16)15(18)17-11(3)12-6-8-13(19-4)9-7-12/h6-11,14H,5,16H2,1-4H3,(H,17,18)/t10?,11-,14-/m0/s1. The first-order chi connectivity index (χ1) is 8.99. The Morgan fingerprint density at radius 3 is 2.37 bits per heavy atom. The zero-order valence-electron chi connectivity index (χ0n) is 12.1. The van der Waals surface area contributed by atoms with Crippen LogP contribution in [0.1, 0.15) is 38.8 Å². The molecule has 1 aromatic carbocycles. The summed E-state index contributed by atoms with van der Waals surface area (Å²) in [5.74, 6) is 0.888. The van der Waals surface area contributed by atoms with Crippen molar-refractivity contribution >= 4 is 5.91 Å². The van der Waals surface area contributed by atoms with E-state index in [1.54, 1.807) is 7.11 Å². The summed E-state index contributed by atoms with van der Waals surface area (Å²) in [5, 5.41) is 2.94. The Morgan fingerprint density at radius 2 is 1.89 bits per heavy atom. The highest BCUT2D eigenvalue weighted by Crippen LogP contribution is 2.17. The Kier molecular flexibility index (Phi) is 5.83. The Hall–Kier alpha value is -1.55. The number of hydrogen-bond acceptors (Lipinski definition) is 3. The summed E-state index contributed by atoms with van der Waals surface area (Å²) in [6.07, 6.45) is 0.894. The van der Waals surface area contributed by atoms with Crippen LogP contribution in [-0.4, -0.2) is 19.1 Å². The average Bonchev–Trinajstić information content (AvgIpc) is 2.45. The van der Waals surface area contributed by atoms with E-state index in [4.69, 9.17) is 10.5 Å². The predicted octanol–water partition coefficient (Wildman–Crippen LogP) is 2.25. The lowest BCUT2D eigenvalue weighted by molar-refractivity contribution is -0.124. The molecular weight excluding hydrogens is 240 g/mol. The molecule has 0 aromatic heterocycles. The molecular formula is C15H24N2O2. The van der Waals surface area contributed by atoms with Gasteiger partial charge in [0.15, 0.2) is 0 Å². The third-order valence-corrected chi connectivity index (χ3v) is 3.53. The summed E-state index contributed by atoms with van der Waals surface area (Å²) in [7, 11) is 1.63. The normalized spacial score (nSPS) is 15.4. The van der Waals surface area contributed by atoms with E-state index < -0.39 is 6.04 Å². The third-order valence-electron chi connectivity index (χ3n) is 3.53. The van der Waals surface area contributed by atoms with Crippen LogP contribution in [0.25, 0.3) is 0 Å². The van der Waals surface area contributed by atoms with E-state index >= 15 is 0 Å². The molecule has 0 radical (unpaired) electrons. The lowest BCUT2D eigenvalue weighted by Gasteiger charge is -2.21. The fourth-order valence-corrected chi connectivity index (χ4v) is 1.80. The highest BCUT2D eigenvalue weighted by atomic mass is 16.5. The molecule has 0 aliphatic carbocycles.